The summed E-state index contributed by atoms with van der Waals surface area (Å²) < 4.78 is 26.2. The van der Waals surface area contributed by atoms with E-state index in [9.17, 15) is 0 Å². The van der Waals surface area contributed by atoms with Crippen molar-refractivity contribution in [2.75, 3.05) is 25.0 Å². The third-order valence-corrected chi connectivity index (χ3v) is 9.89. The molecule has 0 saturated carbocycles. The number of anilines is 1. The van der Waals surface area contributed by atoms with Crippen LogP contribution in [0.5, 0.6) is 23.0 Å². The first-order valence-corrected chi connectivity index (χ1v) is 15.1. The van der Waals surface area contributed by atoms with Crippen LogP contribution in [0, 0.1) is 0 Å². The number of ether oxygens (including phenoxy) is 4. The third kappa shape index (κ3) is 3.88. The van der Waals surface area contributed by atoms with Crippen LogP contribution < -0.4 is 28.4 Å². The van der Waals surface area contributed by atoms with Gasteiger partial charge in [0.05, 0.1) is 16.8 Å². The van der Waals surface area contributed by atoms with Crippen molar-refractivity contribution in [3.8, 4) is 23.0 Å². The Balaban J connectivity index is 1.27. The van der Waals surface area contributed by atoms with Crippen molar-refractivity contribution < 1.29 is 23.5 Å². The molecule has 7 rings (SSSR count). The van der Waals surface area contributed by atoms with Gasteiger partial charge in [-0.05, 0) is 62.3 Å². The first kappa shape index (κ1) is 24.0. The van der Waals surface area contributed by atoms with Gasteiger partial charge in [0.15, 0.2) is 23.0 Å². The predicted octanol–water partition coefficient (Wildman–Crippen LogP) is 7.41. The lowest BCUT2D eigenvalue weighted by Gasteiger charge is -2.23. The fraction of sp³-hybridized carbons (Fsp3) is 0.367. The molecule has 0 bridgehead atoms. The van der Waals surface area contributed by atoms with Crippen LogP contribution >= 0.6 is 23.1 Å². The summed E-state index contributed by atoms with van der Waals surface area (Å²) in [6.45, 7) is 9.16. The standard InChI is InChI=1S/C30H31N2O4S2/c1-4-20-18(10-29-31(5-2)21-12-23-25(35-16-33-23)14-27(21)37-29)8-7-9-19(20)11-30-32(6-3)22-13-24-26(36-17-34-24)15-28(22)38-30/h10-15H,4-9,16-17H2,1-3H3/q+1. The zero-order valence-corrected chi connectivity index (χ0v) is 23.6. The Morgan fingerprint density at radius 1 is 0.895 bits per heavy atom. The van der Waals surface area contributed by atoms with E-state index in [0.717, 1.165) is 55.4 Å². The molecule has 0 spiro atoms. The molecule has 0 radical (unpaired) electrons. The Hall–Kier alpha value is -3.10. The summed E-state index contributed by atoms with van der Waals surface area (Å²) in [5.74, 6) is 3.38. The molecule has 0 atom stereocenters. The summed E-state index contributed by atoms with van der Waals surface area (Å²) in [6.07, 6.45) is 9.29. The molecule has 4 aliphatic rings. The van der Waals surface area contributed by atoms with Gasteiger partial charge in [-0.2, -0.15) is 4.57 Å². The number of benzene rings is 2. The van der Waals surface area contributed by atoms with Gasteiger partial charge in [-0.3, -0.25) is 0 Å². The highest BCUT2D eigenvalue weighted by Gasteiger charge is 2.30. The maximum atomic E-state index is 5.66. The summed E-state index contributed by atoms with van der Waals surface area (Å²) in [6, 6.07) is 8.52. The number of hydrogen-bond acceptors (Lipinski definition) is 7. The molecular formula is C30H31N2O4S2+. The van der Waals surface area contributed by atoms with E-state index < -0.39 is 0 Å². The van der Waals surface area contributed by atoms with E-state index >= 15 is 0 Å². The van der Waals surface area contributed by atoms with Gasteiger partial charge in [0.25, 0.3) is 5.01 Å². The number of rotatable bonds is 5. The van der Waals surface area contributed by atoms with Gasteiger partial charge in [0.1, 0.15) is 11.2 Å². The molecular weight excluding hydrogens is 516 g/mol. The Labute approximate surface area is 231 Å². The van der Waals surface area contributed by atoms with Crippen molar-refractivity contribution >= 4 is 45.1 Å². The van der Waals surface area contributed by atoms with Crippen LogP contribution in [0.1, 0.15) is 51.5 Å². The summed E-state index contributed by atoms with van der Waals surface area (Å²) in [5, 5.41) is 2.57. The van der Waals surface area contributed by atoms with Crippen molar-refractivity contribution in [3.63, 3.8) is 0 Å². The van der Waals surface area contributed by atoms with Crippen molar-refractivity contribution in [1.29, 1.82) is 0 Å². The second-order valence-corrected chi connectivity index (χ2v) is 11.9. The van der Waals surface area contributed by atoms with E-state index in [1.807, 2.05) is 23.1 Å². The number of nitrogens with zero attached hydrogens (tertiary/aromatic N) is 2. The Bertz CT molecular complexity index is 1550. The van der Waals surface area contributed by atoms with Crippen LogP contribution in [0.3, 0.4) is 0 Å². The Morgan fingerprint density at radius 3 is 2.37 bits per heavy atom. The van der Waals surface area contributed by atoms with Crippen LogP contribution in [0.15, 0.2) is 57.0 Å². The van der Waals surface area contributed by atoms with Crippen molar-refractivity contribution in [1.82, 2.24) is 0 Å². The minimum absolute atomic E-state index is 0.307. The molecule has 0 fully saturated rings. The van der Waals surface area contributed by atoms with Crippen LogP contribution in [0.2, 0.25) is 0 Å². The van der Waals surface area contributed by atoms with E-state index in [1.165, 1.54) is 54.0 Å². The van der Waals surface area contributed by atoms with Crippen LogP contribution in [0.4, 0.5) is 5.69 Å². The van der Waals surface area contributed by atoms with Gasteiger partial charge in [0.2, 0.25) is 19.1 Å². The van der Waals surface area contributed by atoms with E-state index in [-0.39, 0.29) is 0 Å². The smallest absolute Gasteiger partial charge is 0.263 e. The van der Waals surface area contributed by atoms with Gasteiger partial charge >= 0.3 is 0 Å². The number of aryl methyl sites for hydroxylation is 1. The largest absolute Gasteiger partial charge is 0.454 e. The SMILES string of the molecule is CCC1=C(C=C2Sc3cc4c(cc3N2CC)OCO4)CCCC1=Cc1sc2cc3c(cc2[n+]1CC)OCO3. The van der Waals surface area contributed by atoms with Gasteiger partial charge in [0, 0.05) is 35.7 Å². The summed E-state index contributed by atoms with van der Waals surface area (Å²) >= 11 is 3.68. The molecule has 3 aromatic rings. The fourth-order valence-electron chi connectivity index (χ4n) is 5.90. The minimum atomic E-state index is 0.307. The van der Waals surface area contributed by atoms with Crippen LogP contribution in [-0.2, 0) is 6.54 Å². The molecule has 0 unspecified atom stereocenters. The lowest BCUT2D eigenvalue weighted by atomic mass is 9.85. The molecule has 196 valence electrons. The highest BCUT2D eigenvalue weighted by Crippen LogP contribution is 2.52. The van der Waals surface area contributed by atoms with E-state index in [1.54, 1.807) is 0 Å². The maximum Gasteiger partial charge on any atom is 0.263 e. The molecule has 2 aromatic carbocycles. The molecule has 38 heavy (non-hydrogen) atoms. The summed E-state index contributed by atoms with van der Waals surface area (Å²) in [4.78, 5) is 3.64. The van der Waals surface area contributed by atoms with E-state index in [4.69, 9.17) is 18.9 Å². The molecule has 1 aliphatic carbocycles. The summed E-state index contributed by atoms with van der Waals surface area (Å²) in [5.41, 5.74) is 6.84. The average Bonchev–Trinajstić information content (AvgIpc) is 3.70. The highest BCUT2D eigenvalue weighted by atomic mass is 32.2. The molecule has 8 heteroatoms. The van der Waals surface area contributed by atoms with E-state index in [2.05, 4.69) is 66.7 Å². The quantitative estimate of drug-likeness (QED) is 0.310. The number of thioether (sulfide) groups is 1. The molecule has 0 N–H and O–H groups in total. The third-order valence-electron chi connectivity index (χ3n) is 7.70. The first-order valence-electron chi connectivity index (χ1n) is 13.5. The lowest BCUT2D eigenvalue weighted by molar-refractivity contribution is -0.665. The second kappa shape index (κ2) is 9.58. The normalized spacial score (nSPS) is 19.9. The molecule has 4 heterocycles. The van der Waals surface area contributed by atoms with Crippen molar-refractivity contribution in [3.05, 3.63) is 57.1 Å². The van der Waals surface area contributed by atoms with Gasteiger partial charge < -0.3 is 23.8 Å². The monoisotopic (exact) mass is 547 g/mol. The maximum absolute atomic E-state index is 5.66. The van der Waals surface area contributed by atoms with Crippen LogP contribution in [-0.4, -0.2) is 20.1 Å². The average molecular weight is 548 g/mol. The number of thiazole rings is 1. The Kier molecular flexibility index (Phi) is 6.04. The van der Waals surface area contributed by atoms with Gasteiger partial charge in [-0.25, -0.2) is 0 Å². The topological polar surface area (TPSA) is 44.0 Å². The zero-order chi connectivity index (χ0) is 25.8. The highest BCUT2D eigenvalue weighted by molar-refractivity contribution is 8.03. The van der Waals surface area contributed by atoms with Gasteiger partial charge in [-0.1, -0.05) is 30.0 Å². The fourth-order valence-corrected chi connectivity index (χ4v) is 8.31. The Morgan fingerprint density at radius 2 is 1.63 bits per heavy atom. The van der Waals surface area contributed by atoms with Crippen molar-refractivity contribution in [2.45, 2.75) is 57.9 Å². The molecule has 0 amide bonds. The second-order valence-electron chi connectivity index (χ2n) is 9.74. The lowest BCUT2D eigenvalue weighted by Crippen LogP contribution is -2.33. The van der Waals surface area contributed by atoms with E-state index in [0.29, 0.717) is 13.6 Å². The molecule has 6 nitrogen and oxygen atoms in total. The molecule has 1 aromatic heterocycles. The minimum Gasteiger partial charge on any atom is -0.454 e. The number of fused-ring (bicyclic) bond motifs is 4. The van der Waals surface area contributed by atoms with Crippen molar-refractivity contribution in [2.24, 2.45) is 0 Å². The predicted molar refractivity (Wildman–Crippen MR) is 152 cm³/mol. The number of hydrogen-bond donors (Lipinski definition) is 0. The molecule has 0 saturated heterocycles. The molecule has 3 aliphatic heterocycles. The zero-order valence-electron chi connectivity index (χ0n) is 22.0. The number of aromatic nitrogens is 1. The summed E-state index contributed by atoms with van der Waals surface area (Å²) in [7, 11) is 0. The van der Waals surface area contributed by atoms with Gasteiger partial charge in [-0.15, -0.1) is 0 Å². The number of allylic oxidation sites excluding steroid dienone is 4. The first-order chi connectivity index (χ1) is 18.7. The van der Waals surface area contributed by atoms with Crippen LogP contribution in [0.25, 0.3) is 16.3 Å².